The molecule has 0 spiro atoms. The van der Waals surface area contributed by atoms with Gasteiger partial charge in [0.2, 0.25) is 0 Å². The van der Waals surface area contributed by atoms with E-state index < -0.39 is 0 Å². The third kappa shape index (κ3) is 3.02. The molecule has 1 aliphatic heterocycles. The molecule has 2 aliphatic rings. The van der Waals surface area contributed by atoms with Crippen LogP contribution in [0.25, 0.3) is 0 Å². The van der Waals surface area contributed by atoms with Crippen LogP contribution in [-0.2, 0) is 0 Å². The number of hydrogen-bond acceptors (Lipinski definition) is 3. The minimum Gasteiger partial charge on any atom is -0.331 e. The first kappa shape index (κ1) is 15.0. The number of likely N-dealkylation sites (tertiary alicyclic amines) is 1. The third-order valence-corrected chi connectivity index (χ3v) is 5.58. The van der Waals surface area contributed by atoms with Gasteiger partial charge in [-0.2, -0.15) is 0 Å². The second-order valence-electron chi connectivity index (χ2n) is 7.16. The summed E-state index contributed by atoms with van der Waals surface area (Å²) in [6.45, 7) is 7.55. The average molecular weight is 290 g/mol. The van der Waals surface area contributed by atoms with Gasteiger partial charge in [-0.3, -0.25) is 4.90 Å². The van der Waals surface area contributed by atoms with Crippen molar-refractivity contribution in [3.63, 3.8) is 0 Å². The summed E-state index contributed by atoms with van der Waals surface area (Å²) in [7, 11) is 0. The highest BCUT2D eigenvalue weighted by Crippen LogP contribution is 2.38. The SMILES string of the molecule is CC(C)n1cncc1C(CN)N1CCC2CCCCC2C1. The van der Waals surface area contributed by atoms with E-state index in [9.17, 15) is 0 Å². The van der Waals surface area contributed by atoms with Gasteiger partial charge in [-0.15, -0.1) is 0 Å². The summed E-state index contributed by atoms with van der Waals surface area (Å²) in [5, 5.41) is 0. The quantitative estimate of drug-likeness (QED) is 0.927. The van der Waals surface area contributed by atoms with Crippen molar-refractivity contribution in [2.75, 3.05) is 19.6 Å². The molecule has 0 radical (unpaired) electrons. The van der Waals surface area contributed by atoms with E-state index in [1.807, 2.05) is 12.5 Å². The molecule has 1 saturated carbocycles. The number of nitrogens with two attached hydrogens (primary N) is 1. The van der Waals surface area contributed by atoms with Crippen molar-refractivity contribution >= 4 is 0 Å². The van der Waals surface area contributed by atoms with Crippen LogP contribution in [0.1, 0.15) is 63.7 Å². The van der Waals surface area contributed by atoms with Crippen molar-refractivity contribution in [2.45, 2.75) is 58.0 Å². The summed E-state index contributed by atoms with van der Waals surface area (Å²) in [5.41, 5.74) is 7.44. The van der Waals surface area contributed by atoms with Crippen LogP contribution in [0.4, 0.5) is 0 Å². The zero-order valence-electron chi connectivity index (χ0n) is 13.5. The third-order valence-electron chi connectivity index (χ3n) is 5.58. The Morgan fingerprint density at radius 1 is 1.24 bits per heavy atom. The van der Waals surface area contributed by atoms with Crippen molar-refractivity contribution in [3.05, 3.63) is 18.2 Å². The van der Waals surface area contributed by atoms with Gasteiger partial charge >= 0.3 is 0 Å². The van der Waals surface area contributed by atoms with Crippen molar-refractivity contribution < 1.29 is 0 Å². The molecule has 21 heavy (non-hydrogen) atoms. The maximum Gasteiger partial charge on any atom is 0.0951 e. The van der Waals surface area contributed by atoms with Crippen LogP contribution in [0.15, 0.2) is 12.5 Å². The predicted octanol–water partition coefficient (Wildman–Crippen LogP) is 2.98. The summed E-state index contributed by atoms with van der Waals surface area (Å²) >= 11 is 0. The summed E-state index contributed by atoms with van der Waals surface area (Å²) in [6, 6.07) is 0.779. The Bertz CT molecular complexity index is 453. The van der Waals surface area contributed by atoms with Crippen LogP contribution in [0, 0.1) is 11.8 Å². The zero-order chi connectivity index (χ0) is 14.8. The van der Waals surface area contributed by atoms with Crippen LogP contribution >= 0.6 is 0 Å². The number of imidazole rings is 1. The molecule has 3 rings (SSSR count). The Labute approximate surface area is 128 Å². The van der Waals surface area contributed by atoms with Gasteiger partial charge in [0.1, 0.15) is 0 Å². The standard InChI is InChI=1S/C17H30N4/c1-13(2)21-12-19-10-17(21)16(9-18)20-8-7-14-5-3-4-6-15(14)11-20/h10,12-16H,3-9,11,18H2,1-2H3. The van der Waals surface area contributed by atoms with Crippen molar-refractivity contribution in [1.82, 2.24) is 14.5 Å². The van der Waals surface area contributed by atoms with Crippen LogP contribution in [0.3, 0.4) is 0 Å². The topological polar surface area (TPSA) is 47.1 Å². The van der Waals surface area contributed by atoms with Crippen molar-refractivity contribution in [2.24, 2.45) is 17.6 Å². The summed E-state index contributed by atoms with van der Waals surface area (Å²) < 4.78 is 2.28. The summed E-state index contributed by atoms with van der Waals surface area (Å²) in [6.07, 6.45) is 11.1. The Hall–Kier alpha value is -0.870. The fraction of sp³-hybridized carbons (Fsp3) is 0.824. The average Bonchev–Trinajstić information content (AvgIpc) is 2.97. The number of nitrogens with zero attached hydrogens (tertiary/aromatic N) is 3. The first-order valence-electron chi connectivity index (χ1n) is 8.66. The van der Waals surface area contributed by atoms with E-state index in [1.165, 1.54) is 50.9 Å². The lowest BCUT2D eigenvalue weighted by molar-refractivity contribution is 0.0560. The summed E-state index contributed by atoms with van der Waals surface area (Å²) in [5.74, 6) is 1.88. The molecule has 4 nitrogen and oxygen atoms in total. The Kier molecular flexibility index (Phi) is 4.65. The summed E-state index contributed by atoms with van der Waals surface area (Å²) in [4.78, 5) is 7.00. The van der Waals surface area contributed by atoms with E-state index in [4.69, 9.17) is 5.73 Å². The lowest BCUT2D eigenvalue weighted by Gasteiger charge is -2.44. The van der Waals surface area contributed by atoms with Gasteiger partial charge in [-0.1, -0.05) is 19.3 Å². The predicted molar refractivity (Wildman–Crippen MR) is 86.0 cm³/mol. The van der Waals surface area contributed by atoms with Crippen LogP contribution in [-0.4, -0.2) is 34.1 Å². The van der Waals surface area contributed by atoms with Crippen molar-refractivity contribution in [3.8, 4) is 0 Å². The highest BCUT2D eigenvalue weighted by Gasteiger charge is 2.34. The molecule has 1 aromatic rings. The van der Waals surface area contributed by atoms with E-state index in [0.29, 0.717) is 18.6 Å². The van der Waals surface area contributed by atoms with Crippen LogP contribution in [0.2, 0.25) is 0 Å². The minimum atomic E-state index is 0.331. The first-order valence-corrected chi connectivity index (χ1v) is 8.66. The first-order chi connectivity index (χ1) is 10.2. The molecule has 4 heteroatoms. The maximum atomic E-state index is 6.15. The lowest BCUT2D eigenvalue weighted by atomic mass is 9.75. The van der Waals surface area contributed by atoms with E-state index in [1.54, 1.807) is 0 Å². The molecule has 0 aromatic carbocycles. The molecule has 2 heterocycles. The van der Waals surface area contributed by atoms with Crippen molar-refractivity contribution in [1.29, 1.82) is 0 Å². The highest BCUT2D eigenvalue weighted by molar-refractivity contribution is 5.08. The van der Waals surface area contributed by atoms with Gasteiger partial charge in [0, 0.05) is 25.3 Å². The molecule has 2 fully saturated rings. The number of aromatic nitrogens is 2. The van der Waals surface area contributed by atoms with E-state index in [0.717, 1.165) is 11.8 Å². The van der Waals surface area contributed by atoms with Gasteiger partial charge in [-0.05, 0) is 45.1 Å². The van der Waals surface area contributed by atoms with Gasteiger partial charge in [0.15, 0.2) is 0 Å². The van der Waals surface area contributed by atoms with Crippen LogP contribution < -0.4 is 5.73 Å². The fourth-order valence-electron chi connectivity index (χ4n) is 4.37. The van der Waals surface area contributed by atoms with E-state index >= 15 is 0 Å². The molecular weight excluding hydrogens is 260 g/mol. The molecular formula is C17H30N4. The molecule has 0 bridgehead atoms. The number of rotatable bonds is 4. The van der Waals surface area contributed by atoms with Crippen LogP contribution in [0.5, 0.6) is 0 Å². The zero-order valence-corrected chi connectivity index (χ0v) is 13.5. The Balaban J connectivity index is 1.75. The normalized spacial score (nSPS) is 28.6. The molecule has 0 amide bonds. The maximum absolute atomic E-state index is 6.15. The number of fused-ring (bicyclic) bond motifs is 1. The second-order valence-corrected chi connectivity index (χ2v) is 7.16. The van der Waals surface area contributed by atoms with Gasteiger partial charge in [0.05, 0.1) is 18.1 Å². The van der Waals surface area contributed by atoms with Gasteiger partial charge in [-0.25, -0.2) is 4.98 Å². The monoisotopic (exact) mass is 290 g/mol. The molecule has 1 aromatic heterocycles. The Morgan fingerprint density at radius 3 is 2.71 bits per heavy atom. The van der Waals surface area contributed by atoms with Gasteiger partial charge in [0.25, 0.3) is 0 Å². The molecule has 1 aliphatic carbocycles. The molecule has 3 atom stereocenters. The molecule has 118 valence electrons. The lowest BCUT2D eigenvalue weighted by Crippen LogP contribution is -2.45. The molecule has 2 N–H and O–H groups in total. The second kappa shape index (κ2) is 6.49. The molecule has 1 saturated heterocycles. The van der Waals surface area contributed by atoms with Gasteiger partial charge < -0.3 is 10.3 Å². The smallest absolute Gasteiger partial charge is 0.0951 e. The van der Waals surface area contributed by atoms with E-state index in [-0.39, 0.29) is 0 Å². The fourth-order valence-corrected chi connectivity index (χ4v) is 4.37. The van der Waals surface area contributed by atoms with E-state index in [2.05, 4.69) is 28.3 Å². The highest BCUT2D eigenvalue weighted by atomic mass is 15.2. The number of hydrogen-bond donors (Lipinski definition) is 1. The molecule has 3 unspecified atom stereocenters. The number of piperidine rings is 1. The largest absolute Gasteiger partial charge is 0.331 e. The Morgan fingerprint density at radius 2 is 2.00 bits per heavy atom. The minimum absolute atomic E-state index is 0.331.